The predicted molar refractivity (Wildman–Crippen MR) is 80.2 cm³/mol. The maximum Gasteiger partial charge on any atom is 0.319 e. The molecule has 0 saturated carbocycles. The van der Waals surface area contributed by atoms with Gasteiger partial charge in [0.1, 0.15) is 5.75 Å². The molecule has 0 aromatic heterocycles. The number of hydrogen-bond donors (Lipinski definition) is 2. The van der Waals surface area contributed by atoms with Crippen molar-refractivity contribution in [2.24, 2.45) is 0 Å². The van der Waals surface area contributed by atoms with E-state index in [-0.39, 0.29) is 6.03 Å². The molecule has 1 aromatic carbocycles. The van der Waals surface area contributed by atoms with Crippen molar-refractivity contribution < 1.29 is 9.53 Å². The van der Waals surface area contributed by atoms with Crippen LogP contribution in [-0.2, 0) is 0 Å². The number of carbonyl (C=O) groups is 1. The molecule has 1 aromatic rings. The second kappa shape index (κ2) is 7.55. The van der Waals surface area contributed by atoms with Crippen molar-refractivity contribution >= 4 is 11.7 Å². The lowest BCUT2D eigenvalue weighted by Gasteiger charge is -2.15. The molecule has 5 nitrogen and oxygen atoms in total. The zero-order chi connectivity index (χ0) is 14.2. The predicted octanol–water partition coefficient (Wildman–Crippen LogP) is 2.08. The van der Waals surface area contributed by atoms with Crippen LogP contribution in [0.4, 0.5) is 10.5 Å². The fourth-order valence-corrected chi connectivity index (χ4v) is 2.04. The van der Waals surface area contributed by atoms with Crippen molar-refractivity contribution in [3.8, 4) is 5.75 Å². The van der Waals surface area contributed by atoms with Crippen molar-refractivity contribution in [2.45, 2.75) is 6.92 Å². The zero-order valence-corrected chi connectivity index (χ0v) is 11.8. The fourth-order valence-electron chi connectivity index (χ4n) is 2.04. The smallest absolute Gasteiger partial charge is 0.319 e. The Hall–Kier alpha value is -2.01. The summed E-state index contributed by atoms with van der Waals surface area (Å²) < 4.78 is 5.39. The summed E-state index contributed by atoms with van der Waals surface area (Å²) >= 11 is 0. The quantitative estimate of drug-likeness (QED) is 0.782. The van der Waals surface area contributed by atoms with Crippen molar-refractivity contribution in [3.63, 3.8) is 0 Å². The van der Waals surface area contributed by atoms with E-state index in [0.717, 1.165) is 31.1 Å². The molecule has 0 spiro atoms. The Morgan fingerprint density at radius 3 is 2.90 bits per heavy atom. The van der Waals surface area contributed by atoms with E-state index < -0.39 is 0 Å². The van der Waals surface area contributed by atoms with E-state index in [2.05, 4.69) is 27.7 Å². The highest BCUT2D eigenvalue weighted by Crippen LogP contribution is 2.16. The minimum Gasteiger partial charge on any atom is -0.494 e. The van der Waals surface area contributed by atoms with Crippen LogP contribution < -0.4 is 15.4 Å². The van der Waals surface area contributed by atoms with Crippen LogP contribution in [0.1, 0.15) is 6.92 Å². The number of carbonyl (C=O) groups excluding carboxylic acids is 1. The molecule has 0 unspecified atom stereocenters. The van der Waals surface area contributed by atoms with Gasteiger partial charge in [-0.2, -0.15) is 0 Å². The molecule has 2 N–H and O–H groups in total. The average Bonchev–Trinajstić information content (AvgIpc) is 2.93. The first kappa shape index (κ1) is 14.4. The van der Waals surface area contributed by atoms with Gasteiger partial charge >= 0.3 is 6.03 Å². The van der Waals surface area contributed by atoms with Crippen molar-refractivity contribution in [3.05, 3.63) is 36.4 Å². The van der Waals surface area contributed by atoms with E-state index in [0.29, 0.717) is 13.2 Å². The second-order valence-corrected chi connectivity index (χ2v) is 4.57. The zero-order valence-electron chi connectivity index (χ0n) is 11.8. The van der Waals surface area contributed by atoms with Gasteiger partial charge in [0.25, 0.3) is 0 Å². The number of urea groups is 1. The largest absolute Gasteiger partial charge is 0.494 e. The van der Waals surface area contributed by atoms with Gasteiger partial charge in [0.15, 0.2) is 0 Å². The van der Waals surface area contributed by atoms with E-state index in [1.165, 1.54) is 0 Å². The van der Waals surface area contributed by atoms with Crippen molar-refractivity contribution in [2.75, 3.05) is 38.1 Å². The molecule has 0 radical (unpaired) electrons. The minimum atomic E-state index is -0.189. The van der Waals surface area contributed by atoms with Gasteiger partial charge in [0.2, 0.25) is 0 Å². The summed E-state index contributed by atoms with van der Waals surface area (Å²) in [5, 5.41) is 5.65. The summed E-state index contributed by atoms with van der Waals surface area (Å²) in [5.74, 6) is 0.758. The summed E-state index contributed by atoms with van der Waals surface area (Å²) in [6.45, 7) is 5.98. The van der Waals surface area contributed by atoms with Gasteiger partial charge in [-0.25, -0.2) is 4.79 Å². The van der Waals surface area contributed by atoms with Crippen LogP contribution in [0.25, 0.3) is 0 Å². The Morgan fingerprint density at radius 2 is 2.15 bits per heavy atom. The number of benzene rings is 1. The Labute approximate surface area is 119 Å². The molecular weight excluding hydrogens is 254 g/mol. The van der Waals surface area contributed by atoms with Gasteiger partial charge in [0.05, 0.1) is 6.61 Å². The first-order valence-corrected chi connectivity index (χ1v) is 6.93. The molecule has 2 amide bonds. The lowest BCUT2D eigenvalue weighted by molar-refractivity contribution is 0.250. The molecule has 0 aliphatic carbocycles. The van der Waals surface area contributed by atoms with E-state index >= 15 is 0 Å². The van der Waals surface area contributed by atoms with Crippen LogP contribution in [0.5, 0.6) is 5.75 Å². The number of amides is 2. The molecule has 1 heterocycles. The maximum atomic E-state index is 11.8. The molecule has 0 saturated heterocycles. The maximum absolute atomic E-state index is 11.8. The number of nitrogens with one attached hydrogen (secondary N) is 2. The first-order valence-electron chi connectivity index (χ1n) is 6.93. The highest BCUT2D eigenvalue weighted by molar-refractivity contribution is 5.89. The van der Waals surface area contributed by atoms with Crippen LogP contribution in [0.3, 0.4) is 0 Å². The van der Waals surface area contributed by atoms with Gasteiger partial charge in [-0.1, -0.05) is 18.2 Å². The summed E-state index contributed by atoms with van der Waals surface area (Å²) in [6.07, 6.45) is 4.28. The number of hydrogen-bond acceptors (Lipinski definition) is 3. The Morgan fingerprint density at radius 1 is 1.35 bits per heavy atom. The lowest BCUT2D eigenvalue weighted by atomic mass is 10.3. The van der Waals surface area contributed by atoms with Crippen molar-refractivity contribution in [1.29, 1.82) is 0 Å². The monoisotopic (exact) mass is 275 g/mol. The Bertz CT molecular complexity index is 466. The Kier molecular flexibility index (Phi) is 5.43. The number of anilines is 1. The molecule has 1 aliphatic heterocycles. The topological polar surface area (TPSA) is 53.6 Å². The average molecular weight is 275 g/mol. The highest BCUT2D eigenvalue weighted by atomic mass is 16.5. The summed E-state index contributed by atoms with van der Waals surface area (Å²) in [4.78, 5) is 14.0. The van der Waals surface area contributed by atoms with Gasteiger partial charge in [-0.15, -0.1) is 0 Å². The van der Waals surface area contributed by atoms with E-state index in [4.69, 9.17) is 4.74 Å². The molecule has 5 heteroatoms. The van der Waals surface area contributed by atoms with Crippen LogP contribution in [-0.4, -0.2) is 43.7 Å². The minimum absolute atomic E-state index is 0.189. The molecule has 20 heavy (non-hydrogen) atoms. The third-order valence-corrected chi connectivity index (χ3v) is 3.01. The normalized spacial score (nSPS) is 14.2. The van der Waals surface area contributed by atoms with E-state index in [1.54, 1.807) is 0 Å². The summed E-state index contributed by atoms with van der Waals surface area (Å²) in [6, 6.07) is 7.19. The fraction of sp³-hybridized carbons (Fsp3) is 0.400. The standard InChI is InChI=1S/C15H21N3O2/c1-2-20-14-7-5-6-13(12-14)17-15(19)16-8-11-18-9-3-4-10-18/h3-7,12H,2,8-11H2,1H3,(H2,16,17,19). The summed E-state index contributed by atoms with van der Waals surface area (Å²) in [5.41, 5.74) is 0.733. The molecular formula is C15H21N3O2. The van der Waals surface area contributed by atoms with Gasteiger partial charge in [0, 0.05) is 37.9 Å². The Balaban J connectivity index is 1.71. The molecule has 108 valence electrons. The van der Waals surface area contributed by atoms with Crippen LogP contribution in [0, 0.1) is 0 Å². The number of nitrogens with zero attached hydrogens (tertiary/aromatic N) is 1. The van der Waals surface area contributed by atoms with Crippen LogP contribution in [0.15, 0.2) is 36.4 Å². The molecule has 1 aliphatic rings. The van der Waals surface area contributed by atoms with Crippen LogP contribution in [0.2, 0.25) is 0 Å². The molecule has 0 atom stereocenters. The van der Waals surface area contributed by atoms with E-state index in [9.17, 15) is 4.79 Å². The third-order valence-electron chi connectivity index (χ3n) is 3.01. The molecule has 2 rings (SSSR count). The van der Waals surface area contributed by atoms with E-state index in [1.807, 2.05) is 31.2 Å². The SMILES string of the molecule is CCOc1cccc(NC(=O)NCCN2CC=CC2)c1. The molecule has 0 fully saturated rings. The first-order chi connectivity index (χ1) is 9.78. The van der Waals surface area contributed by atoms with Gasteiger partial charge < -0.3 is 15.4 Å². The van der Waals surface area contributed by atoms with Gasteiger partial charge in [-0.3, -0.25) is 4.90 Å². The van der Waals surface area contributed by atoms with Gasteiger partial charge in [-0.05, 0) is 19.1 Å². The number of rotatable bonds is 6. The second-order valence-electron chi connectivity index (χ2n) is 4.57. The van der Waals surface area contributed by atoms with Crippen LogP contribution >= 0.6 is 0 Å². The van der Waals surface area contributed by atoms with Crippen molar-refractivity contribution in [1.82, 2.24) is 10.2 Å². The molecule has 0 bridgehead atoms. The highest BCUT2D eigenvalue weighted by Gasteiger charge is 2.07. The third kappa shape index (κ3) is 4.59. The summed E-state index contributed by atoms with van der Waals surface area (Å²) in [7, 11) is 0. The lowest BCUT2D eigenvalue weighted by Crippen LogP contribution is -2.36. The number of ether oxygens (including phenoxy) is 1.